The van der Waals surface area contributed by atoms with E-state index < -0.39 is 21.5 Å². The van der Waals surface area contributed by atoms with Crippen LogP contribution in [0.25, 0.3) is 0 Å². The number of carbonyl (C=O) groups excluding carboxylic acids is 1. The van der Waals surface area contributed by atoms with Crippen molar-refractivity contribution in [2.75, 3.05) is 18.6 Å². The molecule has 0 aliphatic rings. The van der Waals surface area contributed by atoms with Crippen LogP contribution in [-0.2, 0) is 14.6 Å². The van der Waals surface area contributed by atoms with Gasteiger partial charge in [0.05, 0.1) is 4.99 Å². The summed E-state index contributed by atoms with van der Waals surface area (Å²) in [5.41, 5.74) is 5.28. The number of nitrogens with one attached hydrogen (secondary N) is 1. The summed E-state index contributed by atoms with van der Waals surface area (Å²) < 4.78 is 21.5. The van der Waals surface area contributed by atoms with Gasteiger partial charge in [0.15, 0.2) is 9.84 Å². The van der Waals surface area contributed by atoms with Gasteiger partial charge >= 0.3 is 0 Å². The Labute approximate surface area is 95.3 Å². The zero-order valence-electron chi connectivity index (χ0n) is 8.65. The highest BCUT2D eigenvalue weighted by Gasteiger charge is 2.09. The molecule has 0 radical (unpaired) electrons. The Morgan fingerprint density at radius 3 is 2.47 bits per heavy atom. The van der Waals surface area contributed by atoms with Crippen LogP contribution in [0.15, 0.2) is 0 Å². The highest BCUT2D eigenvalue weighted by atomic mass is 32.2. The second-order valence-corrected chi connectivity index (χ2v) is 6.01. The van der Waals surface area contributed by atoms with Gasteiger partial charge in [-0.1, -0.05) is 12.2 Å². The van der Waals surface area contributed by atoms with Crippen molar-refractivity contribution in [3.63, 3.8) is 0 Å². The molecule has 5 nitrogen and oxygen atoms in total. The smallest absolute Gasteiger partial charge is 0.235 e. The lowest BCUT2D eigenvalue weighted by molar-refractivity contribution is -0.118. The molecule has 0 atom stereocenters. The Balaban J connectivity index is 3.52. The molecular formula is C8H16N2O3S2. The van der Waals surface area contributed by atoms with Crippen molar-refractivity contribution in [1.82, 2.24) is 5.32 Å². The molecule has 15 heavy (non-hydrogen) atoms. The summed E-state index contributed by atoms with van der Waals surface area (Å²) >= 11 is 4.68. The molecular weight excluding hydrogens is 236 g/mol. The molecule has 0 aromatic rings. The summed E-state index contributed by atoms with van der Waals surface area (Å²) in [6.45, 7) is 0.455. The number of hydrogen-bond donors (Lipinski definition) is 2. The first-order valence-electron chi connectivity index (χ1n) is 4.54. The van der Waals surface area contributed by atoms with E-state index in [1.54, 1.807) is 0 Å². The lowest BCUT2D eigenvalue weighted by atomic mass is 10.2. The van der Waals surface area contributed by atoms with E-state index in [0.29, 0.717) is 18.0 Å². The molecule has 3 N–H and O–H groups in total. The number of amides is 1. The lowest BCUT2D eigenvalue weighted by Crippen LogP contribution is -2.30. The van der Waals surface area contributed by atoms with Crippen molar-refractivity contribution in [3.05, 3.63) is 0 Å². The van der Waals surface area contributed by atoms with E-state index >= 15 is 0 Å². The second-order valence-electron chi connectivity index (χ2n) is 3.34. The largest absolute Gasteiger partial charge is 0.393 e. The van der Waals surface area contributed by atoms with Gasteiger partial charge in [-0.2, -0.15) is 0 Å². The number of thiocarbonyl (C=S) groups is 1. The summed E-state index contributed by atoms with van der Waals surface area (Å²) in [6, 6.07) is 0. The van der Waals surface area contributed by atoms with Crippen LogP contribution in [0.3, 0.4) is 0 Å². The molecule has 0 unspecified atom stereocenters. The van der Waals surface area contributed by atoms with Crippen molar-refractivity contribution in [2.24, 2.45) is 5.73 Å². The van der Waals surface area contributed by atoms with Crippen LogP contribution in [0.5, 0.6) is 0 Å². The molecule has 0 saturated heterocycles. The van der Waals surface area contributed by atoms with Crippen molar-refractivity contribution in [2.45, 2.75) is 19.3 Å². The average molecular weight is 252 g/mol. The minimum Gasteiger partial charge on any atom is -0.393 e. The molecule has 0 fully saturated rings. The Morgan fingerprint density at radius 1 is 1.40 bits per heavy atom. The fraction of sp³-hybridized carbons (Fsp3) is 0.750. The van der Waals surface area contributed by atoms with Gasteiger partial charge in [0, 0.05) is 12.8 Å². The summed E-state index contributed by atoms with van der Waals surface area (Å²) in [5, 5.41) is 2.51. The Bertz CT molecular complexity index is 325. The predicted octanol–water partition coefficient (Wildman–Crippen LogP) is -0.396. The van der Waals surface area contributed by atoms with Gasteiger partial charge in [0.25, 0.3) is 0 Å². The van der Waals surface area contributed by atoms with Crippen molar-refractivity contribution in [1.29, 1.82) is 0 Å². The normalized spacial score (nSPS) is 11.0. The van der Waals surface area contributed by atoms with Crippen LogP contribution in [0.2, 0.25) is 0 Å². The van der Waals surface area contributed by atoms with Crippen molar-refractivity contribution >= 4 is 33.0 Å². The quantitative estimate of drug-likeness (QED) is 0.475. The van der Waals surface area contributed by atoms with Crippen molar-refractivity contribution < 1.29 is 13.2 Å². The van der Waals surface area contributed by atoms with Crippen molar-refractivity contribution in [3.8, 4) is 0 Å². The van der Waals surface area contributed by atoms with Gasteiger partial charge in [0.2, 0.25) is 5.91 Å². The lowest BCUT2D eigenvalue weighted by Gasteiger charge is -2.03. The Morgan fingerprint density at radius 2 is 2.00 bits per heavy atom. The molecule has 0 bridgehead atoms. The summed E-state index contributed by atoms with van der Waals surface area (Å²) in [7, 11) is -3.23. The predicted molar refractivity (Wildman–Crippen MR) is 63.4 cm³/mol. The van der Waals surface area contributed by atoms with E-state index in [4.69, 9.17) is 5.73 Å². The van der Waals surface area contributed by atoms with E-state index in [1.807, 2.05) is 0 Å². The molecule has 0 rings (SSSR count). The van der Waals surface area contributed by atoms with Crippen LogP contribution in [0, 0.1) is 0 Å². The number of hydrogen-bond acceptors (Lipinski definition) is 4. The standard InChI is InChI=1S/C8H16N2O3S2/c1-15(12,13)6-8(11)10-5-3-2-4-7(9)14/h2-6H2,1H3,(H2,9,14)(H,10,11). The van der Waals surface area contributed by atoms with Crippen LogP contribution in [0.1, 0.15) is 19.3 Å². The van der Waals surface area contributed by atoms with Gasteiger partial charge in [-0.05, 0) is 19.3 Å². The molecule has 0 aliphatic carbocycles. The Hall–Kier alpha value is -0.690. The summed E-state index contributed by atoms with van der Waals surface area (Å²) in [5.74, 6) is -0.921. The summed E-state index contributed by atoms with van der Waals surface area (Å²) in [4.78, 5) is 11.5. The molecule has 0 saturated carbocycles. The van der Waals surface area contributed by atoms with E-state index in [9.17, 15) is 13.2 Å². The van der Waals surface area contributed by atoms with Crippen LogP contribution in [0.4, 0.5) is 0 Å². The molecule has 88 valence electrons. The second kappa shape index (κ2) is 6.73. The zero-order valence-corrected chi connectivity index (χ0v) is 10.3. The first-order valence-corrected chi connectivity index (χ1v) is 7.01. The molecule has 7 heteroatoms. The van der Waals surface area contributed by atoms with E-state index in [1.165, 1.54) is 0 Å². The number of rotatable bonds is 7. The first-order chi connectivity index (χ1) is 6.81. The molecule has 0 heterocycles. The number of sulfone groups is 1. The Kier molecular flexibility index (Phi) is 6.42. The highest BCUT2D eigenvalue weighted by Crippen LogP contribution is 1.93. The maximum absolute atomic E-state index is 11.0. The zero-order chi connectivity index (χ0) is 11.9. The third-order valence-corrected chi connectivity index (χ3v) is 2.56. The molecule has 1 amide bonds. The van der Waals surface area contributed by atoms with Gasteiger partial charge < -0.3 is 11.1 Å². The van der Waals surface area contributed by atoms with Gasteiger partial charge in [0.1, 0.15) is 5.75 Å². The fourth-order valence-electron chi connectivity index (χ4n) is 0.941. The monoisotopic (exact) mass is 252 g/mol. The van der Waals surface area contributed by atoms with Crippen LogP contribution in [-0.4, -0.2) is 37.9 Å². The third-order valence-electron chi connectivity index (χ3n) is 1.57. The molecule has 0 aliphatic heterocycles. The average Bonchev–Trinajstić information content (AvgIpc) is 1.99. The fourth-order valence-corrected chi connectivity index (χ4v) is 1.66. The minimum atomic E-state index is -3.23. The maximum Gasteiger partial charge on any atom is 0.235 e. The van der Waals surface area contributed by atoms with Crippen LogP contribution < -0.4 is 11.1 Å². The van der Waals surface area contributed by atoms with Gasteiger partial charge in [-0.25, -0.2) is 8.42 Å². The van der Waals surface area contributed by atoms with Gasteiger partial charge in [-0.15, -0.1) is 0 Å². The number of unbranched alkanes of at least 4 members (excludes halogenated alkanes) is 1. The van der Waals surface area contributed by atoms with E-state index in [0.717, 1.165) is 19.1 Å². The molecule has 0 aromatic heterocycles. The molecule has 0 aromatic carbocycles. The minimum absolute atomic E-state index is 0.455. The third kappa shape index (κ3) is 11.2. The number of nitrogens with two attached hydrogens (primary N) is 1. The maximum atomic E-state index is 11.0. The molecule has 0 spiro atoms. The van der Waals surface area contributed by atoms with Gasteiger partial charge in [-0.3, -0.25) is 4.79 Å². The first kappa shape index (κ1) is 14.3. The number of carbonyl (C=O) groups is 1. The summed E-state index contributed by atoms with van der Waals surface area (Å²) in [6.07, 6.45) is 3.22. The topological polar surface area (TPSA) is 89.3 Å². The van der Waals surface area contributed by atoms with E-state index in [-0.39, 0.29) is 0 Å². The SMILES string of the molecule is CS(=O)(=O)CC(=O)NCCCCC(N)=S. The highest BCUT2D eigenvalue weighted by molar-refractivity contribution is 7.91. The van der Waals surface area contributed by atoms with Crippen LogP contribution >= 0.6 is 12.2 Å². The van der Waals surface area contributed by atoms with E-state index in [2.05, 4.69) is 17.5 Å².